The van der Waals surface area contributed by atoms with E-state index in [1.165, 1.54) is 5.56 Å². The molecule has 1 saturated heterocycles. The lowest BCUT2D eigenvalue weighted by molar-refractivity contribution is 0.424. The smallest absolute Gasteiger partial charge is 0.243 e. The maximum Gasteiger partial charge on any atom is 0.243 e. The van der Waals surface area contributed by atoms with Crippen molar-refractivity contribution in [2.45, 2.75) is 50.3 Å². The quantitative estimate of drug-likeness (QED) is 0.639. The molecule has 0 amide bonds. The largest absolute Gasteiger partial charge is 0.332 e. The molecule has 0 radical (unpaired) electrons. The second-order valence-corrected chi connectivity index (χ2v) is 10.0. The fraction of sp³-hybridized carbons (Fsp3) is 0.409. The summed E-state index contributed by atoms with van der Waals surface area (Å²) in [5.74, 6) is 0.442. The van der Waals surface area contributed by atoms with E-state index in [-0.39, 0.29) is 0 Å². The molecule has 156 valence electrons. The molecule has 1 aliphatic heterocycles. The molecule has 0 aliphatic carbocycles. The Morgan fingerprint density at radius 3 is 2.17 bits per heavy atom. The van der Waals surface area contributed by atoms with Crippen LogP contribution in [0.4, 0.5) is 11.4 Å². The van der Waals surface area contributed by atoms with Crippen molar-refractivity contribution < 1.29 is 8.42 Å². The van der Waals surface area contributed by atoms with Crippen molar-refractivity contribution in [1.29, 1.82) is 0 Å². The summed E-state index contributed by atoms with van der Waals surface area (Å²) < 4.78 is 27.3. The van der Waals surface area contributed by atoms with Crippen molar-refractivity contribution in [2.24, 2.45) is 0 Å². The van der Waals surface area contributed by atoms with Gasteiger partial charge in [-0.1, -0.05) is 38.8 Å². The highest BCUT2D eigenvalue weighted by Gasteiger charge is 2.24. The first-order valence-electron chi connectivity index (χ1n) is 10.1. The second kappa shape index (κ2) is 9.69. The lowest BCUT2D eigenvalue weighted by atomic mass is 10.0. The van der Waals surface area contributed by atoms with Gasteiger partial charge in [0.05, 0.1) is 4.90 Å². The van der Waals surface area contributed by atoms with E-state index in [1.807, 2.05) is 12.1 Å². The fourth-order valence-electron chi connectivity index (χ4n) is 3.41. The highest BCUT2D eigenvalue weighted by atomic mass is 32.2. The lowest BCUT2D eigenvalue weighted by Gasteiger charge is -2.20. The Bertz CT molecular complexity index is 933. The lowest BCUT2D eigenvalue weighted by Crippen LogP contribution is -2.31. The monoisotopic (exact) mass is 431 g/mol. The van der Waals surface area contributed by atoms with Crippen molar-refractivity contribution in [3.63, 3.8) is 0 Å². The van der Waals surface area contributed by atoms with Gasteiger partial charge in [-0.15, -0.1) is 0 Å². The Hall–Kier alpha value is -1.96. The van der Waals surface area contributed by atoms with Crippen LogP contribution in [0.25, 0.3) is 0 Å². The minimum absolute atomic E-state index is 0.327. The van der Waals surface area contributed by atoms with Crippen molar-refractivity contribution in [2.75, 3.05) is 23.7 Å². The summed E-state index contributed by atoms with van der Waals surface area (Å²) >= 11 is 5.40. The normalized spacial score (nSPS) is 15.7. The van der Waals surface area contributed by atoms with Gasteiger partial charge < -0.3 is 10.6 Å². The maximum absolute atomic E-state index is 12.9. The molecule has 5 nitrogen and oxygen atoms in total. The zero-order valence-corrected chi connectivity index (χ0v) is 18.7. The van der Waals surface area contributed by atoms with Gasteiger partial charge in [0, 0.05) is 24.5 Å². The summed E-state index contributed by atoms with van der Waals surface area (Å²) in [6, 6.07) is 14.9. The van der Waals surface area contributed by atoms with Crippen LogP contribution in [0, 0.1) is 0 Å². The average molecular weight is 432 g/mol. The second-order valence-electron chi connectivity index (χ2n) is 7.70. The summed E-state index contributed by atoms with van der Waals surface area (Å²) in [5.41, 5.74) is 2.91. The summed E-state index contributed by atoms with van der Waals surface area (Å²) in [4.78, 5) is 0.327. The average Bonchev–Trinajstić information content (AvgIpc) is 2.98. The van der Waals surface area contributed by atoms with Gasteiger partial charge in [0.25, 0.3) is 0 Å². The van der Waals surface area contributed by atoms with E-state index in [0.29, 0.717) is 29.0 Å². The summed E-state index contributed by atoms with van der Waals surface area (Å²) in [6.45, 7) is 5.51. The predicted octanol–water partition coefficient (Wildman–Crippen LogP) is 5.18. The zero-order chi connectivity index (χ0) is 20.9. The summed E-state index contributed by atoms with van der Waals surface area (Å²) in [5, 5.41) is 6.77. The van der Waals surface area contributed by atoms with Gasteiger partial charge in [0.15, 0.2) is 5.11 Å². The number of sulfonamides is 1. The first kappa shape index (κ1) is 21.7. The van der Waals surface area contributed by atoms with E-state index >= 15 is 0 Å². The predicted molar refractivity (Wildman–Crippen MR) is 124 cm³/mol. The van der Waals surface area contributed by atoms with Crippen LogP contribution in [0.5, 0.6) is 0 Å². The molecule has 3 rings (SSSR count). The zero-order valence-electron chi connectivity index (χ0n) is 17.0. The van der Waals surface area contributed by atoms with Crippen molar-refractivity contribution in [1.82, 2.24) is 4.31 Å². The van der Waals surface area contributed by atoms with E-state index in [9.17, 15) is 8.42 Å². The van der Waals surface area contributed by atoms with E-state index in [1.54, 1.807) is 28.6 Å². The standard InChI is InChI=1S/C22H29N3O2S2/c1-17(2)18-8-7-9-20(16-18)24-22(28)23-19-10-12-21(13-11-19)29(26,27)25-14-5-3-4-6-15-25/h7-13,16-17H,3-6,14-15H2,1-2H3,(H2,23,24,28). The Balaban J connectivity index is 1.64. The minimum Gasteiger partial charge on any atom is -0.332 e. The minimum atomic E-state index is -3.44. The summed E-state index contributed by atoms with van der Waals surface area (Å²) in [7, 11) is -3.44. The molecular weight excluding hydrogens is 402 g/mol. The molecule has 1 fully saturated rings. The summed E-state index contributed by atoms with van der Waals surface area (Å²) in [6.07, 6.45) is 4.05. The fourth-order valence-corrected chi connectivity index (χ4v) is 5.16. The molecule has 0 atom stereocenters. The third-order valence-electron chi connectivity index (χ3n) is 5.13. The van der Waals surface area contributed by atoms with Crippen LogP contribution < -0.4 is 10.6 Å². The molecule has 0 unspecified atom stereocenters. The van der Waals surface area contributed by atoms with Gasteiger partial charge in [0.1, 0.15) is 0 Å². The third kappa shape index (κ3) is 5.78. The molecule has 2 aromatic carbocycles. The topological polar surface area (TPSA) is 61.4 Å². The van der Waals surface area contributed by atoms with E-state index in [2.05, 4.69) is 36.6 Å². The van der Waals surface area contributed by atoms with Gasteiger partial charge in [-0.05, 0) is 72.9 Å². The molecule has 0 bridgehead atoms. The number of rotatable bonds is 5. The molecule has 2 N–H and O–H groups in total. The highest BCUT2D eigenvalue weighted by Crippen LogP contribution is 2.22. The molecule has 0 spiro atoms. The molecule has 2 aromatic rings. The van der Waals surface area contributed by atoms with E-state index in [4.69, 9.17) is 12.2 Å². The van der Waals surface area contributed by atoms with Crippen LogP contribution in [0.3, 0.4) is 0 Å². The van der Waals surface area contributed by atoms with E-state index in [0.717, 1.165) is 37.1 Å². The van der Waals surface area contributed by atoms with Crippen molar-refractivity contribution in [3.05, 3.63) is 54.1 Å². The van der Waals surface area contributed by atoms with E-state index < -0.39 is 10.0 Å². The molecule has 1 heterocycles. The SMILES string of the molecule is CC(C)c1cccc(NC(=S)Nc2ccc(S(=O)(=O)N3CCCCCC3)cc2)c1. The van der Waals surface area contributed by atoms with Gasteiger partial charge >= 0.3 is 0 Å². The maximum atomic E-state index is 12.9. The van der Waals surface area contributed by atoms with Crippen LogP contribution >= 0.6 is 12.2 Å². The third-order valence-corrected chi connectivity index (χ3v) is 7.24. The Morgan fingerprint density at radius 2 is 1.55 bits per heavy atom. The van der Waals surface area contributed by atoms with Crippen LogP contribution in [0.2, 0.25) is 0 Å². The Morgan fingerprint density at radius 1 is 0.931 bits per heavy atom. The van der Waals surface area contributed by atoms with Crippen molar-refractivity contribution >= 4 is 38.7 Å². The highest BCUT2D eigenvalue weighted by molar-refractivity contribution is 7.89. The van der Waals surface area contributed by atoms with Crippen molar-refractivity contribution in [3.8, 4) is 0 Å². The molecular formula is C22H29N3O2S2. The van der Waals surface area contributed by atoms with Gasteiger partial charge in [-0.2, -0.15) is 4.31 Å². The van der Waals surface area contributed by atoms with Gasteiger partial charge in [0.2, 0.25) is 10.0 Å². The molecule has 7 heteroatoms. The van der Waals surface area contributed by atoms with Crippen LogP contribution in [0.1, 0.15) is 51.0 Å². The first-order chi connectivity index (χ1) is 13.9. The Labute approximate surface area is 179 Å². The van der Waals surface area contributed by atoms with Crippen LogP contribution in [-0.4, -0.2) is 30.9 Å². The van der Waals surface area contributed by atoms with Crippen LogP contribution in [0.15, 0.2) is 53.4 Å². The number of hydrogen-bond acceptors (Lipinski definition) is 3. The number of nitrogens with one attached hydrogen (secondary N) is 2. The van der Waals surface area contributed by atoms with Crippen LogP contribution in [-0.2, 0) is 10.0 Å². The van der Waals surface area contributed by atoms with Gasteiger partial charge in [-0.3, -0.25) is 0 Å². The molecule has 0 aromatic heterocycles. The van der Waals surface area contributed by atoms with Gasteiger partial charge in [-0.25, -0.2) is 8.42 Å². The molecule has 0 saturated carbocycles. The Kier molecular flexibility index (Phi) is 7.27. The number of benzene rings is 2. The number of thiocarbonyl (C=S) groups is 1. The first-order valence-corrected chi connectivity index (χ1v) is 12.0. The molecule has 29 heavy (non-hydrogen) atoms. The number of hydrogen-bond donors (Lipinski definition) is 2. The number of anilines is 2. The number of nitrogens with zero attached hydrogens (tertiary/aromatic N) is 1. The molecule has 1 aliphatic rings.